The van der Waals surface area contributed by atoms with Crippen LogP contribution in [0.2, 0.25) is 0 Å². The van der Waals surface area contributed by atoms with E-state index in [2.05, 4.69) is 55.1 Å². The zero-order valence-electron chi connectivity index (χ0n) is 17.6. The molecule has 0 bridgehead atoms. The van der Waals surface area contributed by atoms with Crippen molar-refractivity contribution in [1.29, 1.82) is 0 Å². The molecule has 2 aromatic carbocycles. The Morgan fingerprint density at radius 1 is 1.03 bits per heavy atom. The monoisotopic (exact) mass is 491 g/mol. The number of morpholine rings is 1. The highest BCUT2D eigenvalue weighted by Crippen LogP contribution is 2.38. The van der Waals surface area contributed by atoms with Gasteiger partial charge in [0.05, 0.1) is 31.4 Å². The molecule has 5 rings (SSSR count). The van der Waals surface area contributed by atoms with Crippen LogP contribution in [-0.4, -0.2) is 48.4 Å². The summed E-state index contributed by atoms with van der Waals surface area (Å²) in [5.74, 6) is 1.13. The molecule has 0 unspecified atom stereocenters. The minimum absolute atomic E-state index is 0.393. The van der Waals surface area contributed by atoms with Crippen molar-refractivity contribution in [3.63, 3.8) is 0 Å². The smallest absolute Gasteiger partial charge is 0.165 e. The molecule has 1 fully saturated rings. The van der Waals surface area contributed by atoms with Gasteiger partial charge in [-0.25, -0.2) is 15.0 Å². The Morgan fingerprint density at radius 3 is 2.66 bits per heavy atom. The van der Waals surface area contributed by atoms with E-state index in [0.29, 0.717) is 24.7 Å². The molecule has 1 saturated heterocycles. The van der Waals surface area contributed by atoms with Gasteiger partial charge in [-0.2, -0.15) is 0 Å². The summed E-state index contributed by atoms with van der Waals surface area (Å²) < 4.78 is 11.9. The molecule has 32 heavy (non-hydrogen) atoms. The zero-order valence-corrected chi connectivity index (χ0v) is 19.2. The highest BCUT2D eigenvalue weighted by atomic mass is 79.9. The first-order chi connectivity index (χ1) is 15.6. The third-order valence-corrected chi connectivity index (χ3v) is 6.04. The molecule has 8 heteroatoms. The van der Waals surface area contributed by atoms with E-state index in [9.17, 15) is 0 Å². The van der Waals surface area contributed by atoms with Crippen LogP contribution in [0.15, 0.2) is 59.3 Å². The SMILES string of the molecule is COc1cc(Br)cc(-c2cc(-c3ccccc3N3CCOCC3)nc3ncnc(N)c23)c1. The first kappa shape index (κ1) is 20.7. The van der Waals surface area contributed by atoms with Crippen molar-refractivity contribution in [1.82, 2.24) is 15.0 Å². The lowest BCUT2D eigenvalue weighted by molar-refractivity contribution is 0.123. The molecule has 1 aliphatic rings. The number of fused-ring (bicyclic) bond motifs is 1. The number of hydrogen-bond donors (Lipinski definition) is 1. The van der Waals surface area contributed by atoms with Crippen LogP contribution in [-0.2, 0) is 4.74 Å². The molecule has 0 aliphatic carbocycles. The average molecular weight is 492 g/mol. The minimum Gasteiger partial charge on any atom is -0.497 e. The molecule has 0 saturated carbocycles. The summed E-state index contributed by atoms with van der Waals surface area (Å²) in [5.41, 5.74) is 11.7. The number of pyridine rings is 1. The molecule has 0 amide bonds. The third kappa shape index (κ3) is 3.87. The number of hydrogen-bond acceptors (Lipinski definition) is 7. The summed E-state index contributed by atoms with van der Waals surface area (Å²) in [6.07, 6.45) is 1.45. The number of anilines is 2. The predicted molar refractivity (Wildman–Crippen MR) is 130 cm³/mol. The predicted octanol–water partition coefficient (Wildman–Crippen LogP) is 4.55. The van der Waals surface area contributed by atoms with Gasteiger partial charge in [-0.05, 0) is 41.5 Å². The maximum Gasteiger partial charge on any atom is 0.165 e. The van der Waals surface area contributed by atoms with Gasteiger partial charge in [-0.1, -0.05) is 34.1 Å². The molecule has 3 heterocycles. The average Bonchev–Trinajstić information content (AvgIpc) is 2.83. The largest absolute Gasteiger partial charge is 0.497 e. The lowest BCUT2D eigenvalue weighted by Gasteiger charge is -2.30. The number of nitrogens with zero attached hydrogens (tertiary/aromatic N) is 4. The van der Waals surface area contributed by atoms with Crippen LogP contribution in [0.5, 0.6) is 5.75 Å². The van der Waals surface area contributed by atoms with Crippen molar-refractivity contribution in [2.45, 2.75) is 0 Å². The fourth-order valence-corrected chi connectivity index (χ4v) is 4.53. The minimum atomic E-state index is 0.393. The quantitative estimate of drug-likeness (QED) is 0.448. The van der Waals surface area contributed by atoms with Gasteiger partial charge in [-0.15, -0.1) is 0 Å². The fourth-order valence-electron chi connectivity index (χ4n) is 4.06. The summed E-state index contributed by atoms with van der Waals surface area (Å²) >= 11 is 3.58. The van der Waals surface area contributed by atoms with Crippen molar-refractivity contribution in [3.05, 3.63) is 59.3 Å². The Balaban J connectivity index is 1.75. The van der Waals surface area contributed by atoms with Gasteiger partial charge in [-0.3, -0.25) is 0 Å². The molecule has 4 aromatic rings. The Morgan fingerprint density at radius 2 is 1.84 bits per heavy atom. The second-order valence-electron chi connectivity index (χ2n) is 7.51. The van der Waals surface area contributed by atoms with Crippen LogP contribution >= 0.6 is 15.9 Å². The van der Waals surface area contributed by atoms with Crippen LogP contribution in [0.1, 0.15) is 0 Å². The summed E-state index contributed by atoms with van der Waals surface area (Å²) in [6, 6.07) is 16.3. The van der Waals surface area contributed by atoms with Gasteiger partial charge in [0.25, 0.3) is 0 Å². The number of ether oxygens (including phenoxy) is 2. The first-order valence-electron chi connectivity index (χ1n) is 10.3. The van der Waals surface area contributed by atoms with E-state index in [4.69, 9.17) is 20.2 Å². The number of aromatic nitrogens is 3. The van der Waals surface area contributed by atoms with E-state index in [1.807, 2.05) is 24.3 Å². The van der Waals surface area contributed by atoms with Crippen LogP contribution < -0.4 is 15.4 Å². The van der Waals surface area contributed by atoms with Crippen molar-refractivity contribution in [2.24, 2.45) is 0 Å². The molecule has 0 spiro atoms. The van der Waals surface area contributed by atoms with Crippen molar-refractivity contribution >= 4 is 38.5 Å². The highest BCUT2D eigenvalue weighted by molar-refractivity contribution is 9.10. The van der Waals surface area contributed by atoms with Gasteiger partial charge in [0.2, 0.25) is 0 Å². The first-order valence-corrected chi connectivity index (χ1v) is 11.1. The number of rotatable bonds is 4. The second kappa shape index (κ2) is 8.72. The van der Waals surface area contributed by atoms with Gasteiger partial charge in [0.1, 0.15) is 17.9 Å². The van der Waals surface area contributed by atoms with Crippen LogP contribution in [0.4, 0.5) is 11.5 Å². The van der Waals surface area contributed by atoms with Crippen molar-refractivity contribution in [3.8, 4) is 28.1 Å². The second-order valence-corrected chi connectivity index (χ2v) is 8.42. The van der Waals surface area contributed by atoms with Crippen molar-refractivity contribution in [2.75, 3.05) is 44.0 Å². The molecule has 0 radical (unpaired) electrons. The molecular weight excluding hydrogens is 470 g/mol. The molecule has 1 aliphatic heterocycles. The standard InChI is InChI=1S/C24H22BrN5O2/c1-31-17-11-15(10-16(25)12-17)19-13-20(29-24-22(19)23(26)27-14-28-24)18-4-2-3-5-21(18)30-6-8-32-9-7-30/h2-5,10-14H,6-9H2,1H3,(H2,26,27,28,29). The molecule has 0 atom stereocenters. The number of methoxy groups -OCH3 is 1. The summed E-state index contributed by atoms with van der Waals surface area (Å²) in [4.78, 5) is 15.9. The van der Waals surface area contributed by atoms with Gasteiger partial charge >= 0.3 is 0 Å². The van der Waals surface area contributed by atoms with Gasteiger partial charge in [0.15, 0.2) is 5.65 Å². The Hall–Kier alpha value is -3.23. The lowest BCUT2D eigenvalue weighted by Crippen LogP contribution is -2.36. The number of benzene rings is 2. The number of halogens is 1. The normalized spacial score (nSPS) is 14.0. The topological polar surface area (TPSA) is 86.4 Å². The molecular formula is C24H22BrN5O2. The van der Waals surface area contributed by atoms with E-state index in [-0.39, 0.29) is 0 Å². The van der Waals surface area contributed by atoms with E-state index in [0.717, 1.165) is 56.8 Å². The van der Waals surface area contributed by atoms with Crippen LogP contribution in [0, 0.1) is 0 Å². The van der Waals surface area contributed by atoms with Gasteiger partial charge < -0.3 is 20.1 Å². The number of para-hydroxylation sites is 1. The fraction of sp³-hybridized carbons (Fsp3) is 0.208. The maximum absolute atomic E-state index is 6.28. The van der Waals surface area contributed by atoms with E-state index in [1.165, 1.54) is 6.33 Å². The van der Waals surface area contributed by atoms with Crippen molar-refractivity contribution < 1.29 is 9.47 Å². The molecule has 2 N–H and O–H groups in total. The maximum atomic E-state index is 6.28. The van der Waals surface area contributed by atoms with E-state index in [1.54, 1.807) is 7.11 Å². The lowest BCUT2D eigenvalue weighted by atomic mass is 9.98. The highest BCUT2D eigenvalue weighted by Gasteiger charge is 2.19. The molecule has 7 nitrogen and oxygen atoms in total. The molecule has 162 valence electrons. The molecule has 2 aromatic heterocycles. The number of nitrogens with two attached hydrogens (primary N) is 1. The number of nitrogen functional groups attached to an aromatic ring is 1. The van der Waals surface area contributed by atoms with Crippen LogP contribution in [0.25, 0.3) is 33.4 Å². The van der Waals surface area contributed by atoms with E-state index < -0.39 is 0 Å². The summed E-state index contributed by atoms with van der Waals surface area (Å²) in [5, 5.41) is 0.722. The van der Waals surface area contributed by atoms with Crippen LogP contribution in [0.3, 0.4) is 0 Å². The van der Waals surface area contributed by atoms with Gasteiger partial charge in [0, 0.05) is 28.8 Å². The Bertz CT molecular complexity index is 1290. The zero-order chi connectivity index (χ0) is 22.1. The van der Waals surface area contributed by atoms with E-state index >= 15 is 0 Å². The summed E-state index contributed by atoms with van der Waals surface area (Å²) in [7, 11) is 1.65. The third-order valence-electron chi connectivity index (χ3n) is 5.58. The Labute approximate surface area is 194 Å². The summed E-state index contributed by atoms with van der Waals surface area (Å²) in [6.45, 7) is 3.11. The Kier molecular flexibility index (Phi) is 5.63.